The largest absolute Gasteiger partial charge is 0.288 e. The summed E-state index contributed by atoms with van der Waals surface area (Å²) in [6, 6.07) is 6.45. The molecule has 6 heteroatoms. The molecular formula is C12H10ClNO3S. The summed E-state index contributed by atoms with van der Waals surface area (Å²) in [6.45, 7) is 1.38. The number of carbonyl (C=O) groups excluding carboxylic acids is 3. The van der Waals surface area contributed by atoms with Gasteiger partial charge in [-0.15, -0.1) is 0 Å². The van der Waals surface area contributed by atoms with E-state index in [9.17, 15) is 14.4 Å². The van der Waals surface area contributed by atoms with Crippen LogP contribution in [-0.2, 0) is 14.4 Å². The van der Waals surface area contributed by atoms with Gasteiger partial charge in [0.25, 0.3) is 0 Å². The highest BCUT2D eigenvalue weighted by molar-refractivity contribution is 8.14. The Hall–Kier alpha value is -1.33. The zero-order valence-corrected chi connectivity index (χ0v) is 11.1. The lowest BCUT2D eigenvalue weighted by atomic mass is 10.3. The minimum atomic E-state index is -0.606. The van der Waals surface area contributed by atoms with Gasteiger partial charge in [0.05, 0.1) is 5.69 Å². The van der Waals surface area contributed by atoms with Gasteiger partial charge in [-0.05, 0) is 24.3 Å². The van der Waals surface area contributed by atoms with Crippen molar-refractivity contribution in [1.29, 1.82) is 0 Å². The second-order valence-electron chi connectivity index (χ2n) is 3.85. The summed E-state index contributed by atoms with van der Waals surface area (Å²) in [7, 11) is 0. The van der Waals surface area contributed by atoms with Crippen molar-refractivity contribution in [3.63, 3.8) is 0 Å². The number of carbonyl (C=O) groups is 3. The first-order chi connectivity index (χ1) is 8.49. The Kier molecular flexibility index (Phi) is 3.73. The lowest BCUT2D eigenvalue weighted by molar-refractivity contribution is -0.121. The van der Waals surface area contributed by atoms with Crippen LogP contribution in [0.4, 0.5) is 5.69 Å². The standard InChI is InChI=1S/C12H10ClNO3S/c1-7(15)18-10-6-11(16)14(12(10)17)9-4-2-8(13)3-5-9/h2-5,10H,6H2,1H3. The van der Waals surface area contributed by atoms with Crippen molar-refractivity contribution in [3.05, 3.63) is 29.3 Å². The van der Waals surface area contributed by atoms with E-state index in [0.717, 1.165) is 16.7 Å². The van der Waals surface area contributed by atoms with Gasteiger partial charge in [0, 0.05) is 18.4 Å². The molecule has 1 atom stereocenters. The number of anilines is 1. The van der Waals surface area contributed by atoms with E-state index in [1.54, 1.807) is 24.3 Å². The SMILES string of the molecule is CC(=O)SC1CC(=O)N(c2ccc(Cl)cc2)C1=O. The van der Waals surface area contributed by atoms with Gasteiger partial charge in [0.1, 0.15) is 5.25 Å². The molecule has 0 N–H and O–H groups in total. The summed E-state index contributed by atoms with van der Waals surface area (Å²) in [4.78, 5) is 36.0. The van der Waals surface area contributed by atoms with Crippen LogP contribution >= 0.6 is 23.4 Å². The van der Waals surface area contributed by atoms with E-state index in [1.165, 1.54) is 6.92 Å². The van der Waals surface area contributed by atoms with Crippen LogP contribution in [0.25, 0.3) is 0 Å². The summed E-state index contributed by atoms with van der Waals surface area (Å²) >= 11 is 6.65. The highest BCUT2D eigenvalue weighted by atomic mass is 35.5. The molecule has 1 aliphatic heterocycles. The fourth-order valence-corrected chi connectivity index (χ4v) is 2.72. The summed E-state index contributed by atoms with van der Waals surface area (Å²) < 4.78 is 0. The van der Waals surface area contributed by atoms with Gasteiger partial charge < -0.3 is 0 Å². The number of hydrogen-bond acceptors (Lipinski definition) is 4. The lowest BCUT2D eigenvalue weighted by Crippen LogP contribution is -2.31. The predicted molar refractivity (Wildman–Crippen MR) is 70.6 cm³/mol. The van der Waals surface area contributed by atoms with E-state index in [1.807, 2.05) is 0 Å². The first-order valence-corrected chi connectivity index (χ1v) is 6.54. The molecule has 0 aromatic heterocycles. The van der Waals surface area contributed by atoms with Gasteiger partial charge in [-0.2, -0.15) is 0 Å². The van der Waals surface area contributed by atoms with Crippen molar-refractivity contribution in [2.45, 2.75) is 18.6 Å². The van der Waals surface area contributed by atoms with Crippen molar-refractivity contribution in [3.8, 4) is 0 Å². The maximum atomic E-state index is 12.0. The molecule has 2 rings (SSSR count). The Morgan fingerprint density at radius 3 is 2.50 bits per heavy atom. The van der Waals surface area contributed by atoms with E-state index >= 15 is 0 Å². The molecular weight excluding hydrogens is 274 g/mol. The van der Waals surface area contributed by atoms with Crippen LogP contribution in [0.3, 0.4) is 0 Å². The van der Waals surface area contributed by atoms with Gasteiger partial charge in [-0.3, -0.25) is 14.4 Å². The zero-order chi connectivity index (χ0) is 13.3. The van der Waals surface area contributed by atoms with E-state index in [0.29, 0.717) is 10.7 Å². The van der Waals surface area contributed by atoms with Crippen molar-refractivity contribution in [2.75, 3.05) is 4.90 Å². The number of imide groups is 1. The molecule has 1 aromatic rings. The summed E-state index contributed by atoms with van der Waals surface area (Å²) in [6.07, 6.45) is 0.0612. The molecule has 0 bridgehead atoms. The Balaban J connectivity index is 2.24. The Labute approximate surface area is 113 Å². The van der Waals surface area contributed by atoms with Crippen molar-refractivity contribution in [2.24, 2.45) is 0 Å². The average molecular weight is 284 g/mol. The van der Waals surface area contributed by atoms with E-state index in [2.05, 4.69) is 0 Å². The third-order valence-corrected chi connectivity index (χ3v) is 3.74. The maximum Gasteiger partial charge on any atom is 0.247 e. The molecule has 1 unspecified atom stereocenters. The topological polar surface area (TPSA) is 54.5 Å². The van der Waals surface area contributed by atoms with Crippen molar-refractivity contribution in [1.82, 2.24) is 0 Å². The van der Waals surface area contributed by atoms with Crippen molar-refractivity contribution >= 4 is 46.0 Å². The molecule has 1 saturated heterocycles. The first-order valence-electron chi connectivity index (χ1n) is 5.28. The molecule has 94 valence electrons. The summed E-state index contributed by atoms with van der Waals surface area (Å²) in [5.41, 5.74) is 0.487. The molecule has 4 nitrogen and oxygen atoms in total. The minimum absolute atomic E-state index is 0.0612. The lowest BCUT2D eigenvalue weighted by Gasteiger charge is -2.14. The number of rotatable bonds is 2. The van der Waals surface area contributed by atoms with Crippen LogP contribution in [0, 0.1) is 0 Å². The zero-order valence-electron chi connectivity index (χ0n) is 9.55. The van der Waals surface area contributed by atoms with Crippen LogP contribution in [0.2, 0.25) is 5.02 Å². The first kappa shape index (κ1) is 13.1. The molecule has 0 radical (unpaired) electrons. The van der Waals surface area contributed by atoms with Crippen LogP contribution in [0.1, 0.15) is 13.3 Å². The van der Waals surface area contributed by atoms with Gasteiger partial charge >= 0.3 is 0 Å². The van der Waals surface area contributed by atoms with Crippen LogP contribution < -0.4 is 4.90 Å². The summed E-state index contributed by atoms with van der Waals surface area (Å²) in [5, 5.41) is -0.239. The van der Waals surface area contributed by atoms with Crippen LogP contribution in [0.15, 0.2) is 24.3 Å². The molecule has 1 aromatic carbocycles. The van der Waals surface area contributed by atoms with Gasteiger partial charge in [0.2, 0.25) is 11.8 Å². The number of thioether (sulfide) groups is 1. The Morgan fingerprint density at radius 1 is 1.33 bits per heavy atom. The third-order valence-electron chi connectivity index (χ3n) is 2.50. The third kappa shape index (κ3) is 2.57. The van der Waals surface area contributed by atoms with Crippen LogP contribution in [0.5, 0.6) is 0 Å². The smallest absolute Gasteiger partial charge is 0.247 e. The van der Waals surface area contributed by atoms with E-state index in [4.69, 9.17) is 11.6 Å². The Morgan fingerprint density at radius 2 is 1.94 bits per heavy atom. The highest BCUT2D eigenvalue weighted by Gasteiger charge is 2.40. The molecule has 18 heavy (non-hydrogen) atoms. The number of benzene rings is 1. The fraction of sp³-hybridized carbons (Fsp3) is 0.250. The maximum absolute atomic E-state index is 12.0. The van der Waals surface area contributed by atoms with Gasteiger partial charge in [0.15, 0.2) is 5.12 Å². The summed E-state index contributed by atoms with van der Waals surface area (Å²) in [5.74, 6) is -0.636. The molecule has 0 saturated carbocycles. The van der Waals surface area contributed by atoms with E-state index in [-0.39, 0.29) is 23.4 Å². The second kappa shape index (κ2) is 5.12. The average Bonchev–Trinajstić information content (AvgIpc) is 2.55. The van der Waals surface area contributed by atoms with Crippen LogP contribution in [-0.4, -0.2) is 22.2 Å². The molecule has 1 heterocycles. The van der Waals surface area contributed by atoms with Crippen molar-refractivity contribution < 1.29 is 14.4 Å². The monoisotopic (exact) mass is 283 g/mol. The number of hydrogen-bond donors (Lipinski definition) is 0. The normalized spacial score (nSPS) is 19.4. The number of amides is 2. The molecule has 0 spiro atoms. The fourth-order valence-electron chi connectivity index (χ4n) is 1.76. The van der Waals surface area contributed by atoms with E-state index < -0.39 is 5.25 Å². The molecule has 1 aliphatic rings. The Bertz CT molecular complexity index is 515. The minimum Gasteiger partial charge on any atom is -0.288 e. The van der Waals surface area contributed by atoms with Gasteiger partial charge in [-0.25, -0.2) is 4.90 Å². The predicted octanol–water partition coefficient (Wildman–Crippen LogP) is 2.25. The number of halogens is 1. The molecule has 0 aliphatic carbocycles. The molecule has 1 fully saturated rings. The van der Waals surface area contributed by atoms with Gasteiger partial charge in [-0.1, -0.05) is 23.4 Å². The number of nitrogens with zero attached hydrogens (tertiary/aromatic N) is 1. The highest BCUT2D eigenvalue weighted by Crippen LogP contribution is 2.30. The molecule has 2 amide bonds. The quantitative estimate of drug-likeness (QED) is 0.781. The second-order valence-corrected chi connectivity index (χ2v) is 5.66.